The molecule has 3 rings (SSSR count). The molecule has 3 unspecified atom stereocenters. The van der Waals surface area contributed by atoms with E-state index in [1.165, 1.54) is 44.2 Å². The second kappa shape index (κ2) is 6.50. The molecule has 2 fully saturated rings. The summed E-state index contributed by atoms with van der Waals surface area (Å²) in [5, 5.41) is 3.76. The highest BCUT2D eigenvalue weighted by molar-refractivity contribution is 5.25. The molecular formula is C19H30N2. The molecule has 0 aromatic heterocycles. The molecule has 1 aromatic rings. The molecule has 116 valence electrons. The zero-order valence-electron chi connectivity index (χ0n) is 13.6. The lowest BCUT2D eigenvalue weighted by Gasteiger charge is -2.47. The average molecular weight is 286 g/mol. The van der Waals surface area contributed by atoms with Crippen molar-refractivity contribution in [2.45, 2.75) is 57.5 Å². The molecule has 1 heterocycles. The fraction of sp³-hybridized carbons (Fsp3) is 0.684. The SMILES string of the molecule is CCC1CCCC(N2CCNC(C)(c3ccccc3)C2)C1. The highest BCUT2D eigenvalue weighted by atomic mass is 15.2. The number of rotatable bonds is 3. The first-order chi connectivity index (χ1) is 10.2. The lowest BCUT2D eigenvalue weighted by atomic mass is 9.81. The van der Waals surface area contributed by atoms with E-state index in [0.717, 1.165) is 25.0 Å². The third kappa shape index (κ3) is 3.32. The minimum atomic E-state index is 0.110. The standard InChI is InChI=1S/C19H30N2/c1-3-16-8-7-11-18(14-16)21-13-12-20-19(2,15-21)17-9-5-4-6-10-17/h4-6,9-10,16,18,20H,3,7-8,11-15H2,1-2H3. The van der Waals surface area contributed by atoms with Crippen molar-refractivity contribution in [1.82, 2.24) is 10.2 Å². The summed E-state index contributed by atoms with van der Waals surface area (Å²) in [6.45, 7) is 8.20. The normalized spacial score (nSPS) is 34.8. The van der Waals surface area contributed by atoms with Crippen LogP contribution in [0.3, 0.4) is 0 Å². The monoisotopic (exact) mass is 286 g/mol. The molecule has 2 heteroatoms. The summed E-state index contributed by atoms with van der Waals surface area (Å²) >= 11 is 0. The Morgan fingerprint density at radius 3 is 2.81 bits per heavy atom. The van der Waals surface area contributed by atoms with Crippen molar-refractivity contribution in [3.8, 4) is 0 Å². The van der Waals surface area contributed by atoms with Gasteiger partial charge < -0.3 is 5.32 Å². The average Bonchev–Trinajstić information content (AvgIpc) is 2.56. The predicted octanol–water partition coefficient (Wildman–Crippen LogP) is 3.78. The Kier molecular flexibility index (Phi) is 4.66. The second-order valence-corrected chi connectivity index (χ2v) is 7.19. The van der Waals surface area contributed by atoms with Crippen LogP contribution in [0.1, 0.15) is 51.5 Å². The number of hydrogen-bond acceptors (Lipinski definition) is 2. The fourth-order valence-corrected chi connectivity index (χ4v) is 4.29. The van der Waals surface area contributed by atoms with Crippen LogP contribution in [0.4, 0.5) is 0 Å². The van der Waals surface area contributed by atoms with Gasteiger partial charge in [0.2, 0.25) is 0 Å². The van der Waals surface area contributed by atoms with E-state index in [2.05, 4.69) is 54.4 Å². The van der Waals surface area contributed by atoms with E-state index in [1.54, 1.807) is 0 Å². The Morgan fingerprint density at radius 1 is 1.24 bits per heavy atom. The molecule has 0 spiro atoms. The van der Waals surface area contributed by atoms with E-state index in [9.17, 15) is 0 Å². The molecular weight excluding hydrogens is 256 g/mol. The Morgan fingerprint density at radius 2 is 2.05 bits per heavy atom. The third-order valence-electron chi connectivity index (χ3n) is 5.69. The second-order valence-electron chi connectivity index (χ2n) is 7.19. The lowest BCUT2D eigenvalue weighted by Crippen LogP contribution is -2.59. The highest BCUT2D eigenvalue weighted by Gasteiger charge is 2.36. The molecule has 2 nitrogen and oxygen atoms in total. The van der Waals surface area contributed by atoms with Crippen LogP contribution in [0.15, 0.2) is 30.3 Å². The van der Waals surface area contributed by atoms with Crippen molar-refractivity contribution < 1.29 is 0 Å². The molecule has 1 N–H and O–H groups in total. The van der Waals surface area contributed by atoms with Crippen molar-refractivity contribution in [2.24, 2.45) is 5.92 Å². The topological polar surface area (TPSA) is 15.3 Å². The summed E-state index contributed by atoms with van der Waals surface area (Å²) in [5.74, 6) is 0.960. The molecule has 1 aliphatic carbocycles. The van der Waals surface area contributed by atoms with E-state index in [1.807, 2.05) is 0 Å². The number of hydrogen-bond donors (Lipinski definition) is 1. The molecule has 3 atom stereocenters. The van der Waals surface area contributed by atoms with Gasteiger partial charge in [0.15, 0.2) is 0 Å². The van der Waals surface area contributed by atoms with Gasteiger partial charge in [-0.3, -0.25) is 4.90 Å². The largest absolute Gasteiger partial charge is 0.305 e. The van der Waals surface area contributed by atoms with Crippen molar-refractivity contribution in [1.29, 1.82) is 0 Å². The van der Waals surface area contributed by atoms with Crippen LogP contribution in [-0.2, 0) is 5.54 Å². The first kappa shape index (κ1) is 15.1. The summed E-state index contributed by atoms with van der Waals surface area (Å²) in [4.78, 5) is 2.77. The van der Waals surface area contributed by atoms with Gasteiger partial charge in [-0.2, -0.15) is 0 Å². The lowest BCUT2D eigenvalue weighted by molar-refractivity contribution is 0.0657. The van der Waals surface area contributed by atoms with Gasteiger partial charge in [0.25, 0.3) is 0 Å². The summed E-state index contributed by atoms with van der Waals surface area (Å²) in [6.07, 6.45) is 7.06. The molecule has 1 saturated carbocycles. The highest BCUT2D eigenvalue weighted by Crippen LogP contribution is 2.33. The zero-order valence-corrected chi connectivity index (χ0v) is 13.6. The maximum Gasteiger partial charge on any atom is 0.0535 e. The number of benzene rings is 1. The molecule has 1 aliphatic heterocycles. The van der Waals surface area contributed by atoms with Crippen molar-refractivity contribution in [3.63, 3.8) is 0 Å². The van der Waals surface area contributed by atoms with E-state index in [0.29, 0.717) is 0 Å². The van der Waals surface area contributed by atoms with Crippen LogP contribution in [0.5, 0.6) is 0 Å². The van der Waals surface area contributed by atoms with Gasteiger partial charge in [0.1, 0.15) is 0 Å². The Bertz CT molecular complexity index is 444. The summed E-state index contributed by atoms with van der Waals surface area (Å²) < 4.78 is 0. The van der Waals surface area contributed by atoms with Gasteiger partial charge in [0, 0.05) is 25.7 Å². The predicted molar refractivity (Wildman–Crippen MR) is 89.4 cm³/mol. The van der Waals surface area contributed by atoms with Crippen molar-refractivity contribution >= 4 is 0 Å². The van der Waals surface area contributed by atoms with Gasteiger partial charge in [0.05, 0.1) is 5.54 Å². The van der Waals surface area contributed by atoms with Gasteiger partial charge in [-0.05, 0) is 31.2 Å². The molecule has 1 aromatic carbocycles. The maximum absolute atomic E-state index is 3.76. The Hall–Kier alpha value is -0.860. The van der Waals surface area contributed by atoms with Crippen LogP contribution < -0.4 is 5.32 Å². The minimum Gasteiger partial charge on any atom is -0.305 e. The van der Waals surface area contributed by atoms with E-state index in [4.69, 9.17) is 0 Å². The van der Waals surface area contributed by atoms with Crippen LogP contribution in [0.25, 0.3) is 0 Å². The van der Waals surface area contributed by atoms with Crippen molar-refractivity contribution in [2.75, 3.05) is 19.6 Å². The molecule has 0 bridgehead atoms. The first-order valence-electron chi connectivity index (χ1n) is 8.76. The quantitative estimate of drug-likeness (QED) is 0.910. The van der Waals surface area contributed by atoms with E-state index >= 15 is 0 Å². The van der Waals surface area contributed by atoms with Gasteiger partial charge >= 0.3 is 0 Å². The Labute approximate surface area is 129 Å². The van der Waals surface area contributed by atoms with Crippen LogP contribution in [-0.4, -0.2) is 30.6 Å². The first-order valence-corrected chi connectivity index (χ1v) is 8.76. The van der Waals surface area contributed by atoms with Gasteiger partial charge in [-0.1, -0.05) is 56.5 Å². The fourth-order valence-electron chi connectivity index (χ4n) is 4.29. The van der Waals surface area contributed by atoms with Gasteiger partial charge in [-0.25, -0.2) is 0 Å². The van der Waals surface area contributed by atoms with Crippen molar-refractivity contribution in [3.05, 3.63) is 35.9 Å². The number of piperazine rings is 1. The molecule has 2 aliphatic rings. The van der Waals surface area contributed by atoms with Crippen LogP contribution >= 0.6 is 0 Å². The number of nitrogens with zero attached hydrogens (tertiary/aromatic N) is 1. The van der Waals surface area contributed by atoms with Gasteiger partial charge in [-0.15, -0.1) is 0 Å². The summed E-state index contributed by atoms with van der Waals surface area (Å²) in [5.41, 5.74) is 1.54. The maximum atomic E-state index is 3.76. The smallest absolute Gasteiger partial charge is 0.0535 e. The van der Waals surface area contributed by atoms with Crippen LogP contribution in [0, 0.1) is 5.92 Å². The minimum absolute atomic E-state index is 0.110. The van der Waals surface area contributed by atoms with E-state index in [-0.39, 0.29) is 5.54 Å². The molecule has 0 amide bonds. The molecule has 0 radical (unpaired) electrons. The molecule has 1 saturated heterocycles. The summed E-state index contributed by atoms with van der Waals surface area (Å²) in [7, 11) is 0. The number of nitrogens with one attached hydrogen (secondary N) is 1. The summed E-state index contributed by atoms with van der Waals surface area (Å²) in [6, 6.07) is 11.8. The van der Waals surface area contributed by atoms with E-state index < -0.39 is 0 Å². The van der Waals surface area contributed by atoms with Crippen LogP contribution in [0.2, 0.25) is 0 Å². The Balaban J connectivity index is 1.71. The third-order valence-corrected chi connectivity index (χ3v) is 5.69. The molecule has 21 heavy (non-hydrogen) atoms. The zero-order chi connectivity index (χ0) is 14.7.